The number of thioether (sulfide) groups is 1. The molecule has 0 saturated heterocycles. The van der Waals surface area contributed by atoms with Gasteiger partial charge in [0.15, 0.2) is 0 Å². The van der Waals surface area contributed by atoms with Gasteiger partial charge in [0, 0.05) is 11.0 Å². The Morgan fingerprint density at radius 2 is 2.27 bits per heavy atom. The Bertz CT molecular complexity index is 672. The predicted molar refractivity (Wildman–Crippen MR) is 86.2 cm³/mol. The highest BCUT2D eigenvalue weighted by molar-refractivity contribution is 9.10. The van der Waals surface area contributed by atoms with Gasteiger partial charge in [0.25, 0.3) is 0 Å². The quantitative estimate of drug-likeness (QED) is 0.608. The molecular weight excluding hydrogens is 373 g/mol. The second kappa shape index (κ2) is 8.09. The van der Waals surface area contributed by atoms with Gasteiger partial charge in [-0.2, -0.15) is 0 Å². The van der Waals surface area contributed by atoms with Gasteiger partial charge in [-0.1, -0.05) is 33.8 Å². The van der Waals surface area contributed by atoms with Gasteiger partial charge in [0.2, 0.25) is 0 Å². The van der Waals surface area contributed by atoms with E-state index in [4.69, 9.17) is 0 Å². The average molecular weight is 386 g/mol. The second-order valence-electron chi connectivity index (χ2n) is 4.20. The van der Waals surface area contributed by atoms with Crippen LogP contribution in [0.1, 0.15) is 5.56 Å². The van der Waals surface area contributed by atoms with Crippen molar-refractivity contribution in [2.75, 3.05) is 18.2 Å². The third kappa shape index (κ3) is 4.96. The Kier molecular flexibility index (Phi) is 6.14. The topological polar surface area (TPSA) is 64.1 Å². The maximum absolute atomic E-state index is 13.0. The standard InChI is InChI=1S/C14H13BrFN3O2S/c1-21-14(20)8-22-13-7-17-6-12(19-13)18-5-9-2-3-10(16)4-11(9)15/h2-4,6-7H,5,8H2,1H3,(H,18,19). The number of methoxy groups -OCH3 is 1. The first kappa shape index (κ1) is 16.7. The fourth-order valence-electron chi connectivity index (χ4n) is 1.55. The van der Waals surface area contributed by atoms with E-state index in [9.17, 15) is 9.18 Å². The third-order valence-corrected chi connectivity index (χ3v) is 4.26. The van der Waals surface area contributed by atoms with Crippen molar-refractivity contribution in [2.45, 2.75) is 11.6 Å². The highest BCUT2D eigenvalue weighted by atomic mass is 79.9. The molecule has 1 heterocycles. The van der Waals surface area contributed by atoms with Crippen LogP contribution in [0.5, 0.6) is 0 Å². The van der Waals surface area contributed by atoms with E-state index in [1.54, 1.807) is 18.5 Å². The summed E-state index contributed by atoms with van der Waals surface area (Å²) in [7, 11) is 1.34. The van der Waals surface area contributed by atoms with Crippen molar-refractivity contribution in [3.8, 4) is 0 Å². The van der Waals surface area contributed by atoms with Gasteiger partial charge < -0.3 is 10.1 Å². The number of carbonyl (C=O) groups excluding carboxylic acids is 1. The molecule has 2 aromatic rings. The number of carbonyl (C=O) groups is 1. The number of esters is 1. The summed E-state index contributed by atoms with van der Waals surface area (Å²) < 4.78 is 18.3. The van der Waals surface area contributed by atoms with Crippen LogP contribution in [-0.4, -0.2) is 28.8 Å². The minimum absolute atomic E-state index is 0.179. The lowest BCUT2D eigenvalue weighted by Crippen LogP contribution is -2.05. The van der Waals surface area contributed by atoms with Crippen LogP contribution in [0.15, 0.2) is 40.1 Å². The van der Waals surface area contributed by atoms with E-state index in [0.717, 1.165) is 5.56 Å². The second-order valence-corrected chi connectivity index (χ2v) is 6.05. The largest absolute Gasteiger partial charge is 0.468 e. The van der Waals surface area contributed by atoms with Gasteiger partial charge in [0.1, 0.15) is 16.7 Å². The lowest BCUT2D eigenvalue weighted by Gasteiger charge is -2.08. The van der Waals surface area contributed by atoms with Gasteiger partial charge in [-0.25, -0.2) is 9.37 Å². The lowest BCUT2D eigenvalue weighted by atomic mass is 10.2. The molecule has 116 valence electrons. The van der Waals surface area contributed by atoms with Crippen molar-refractivity contribution in [1.82, 2.24) is 9.97 Å². The van der Waals surface area contributed by atoms with Crippen molar-refractivity contribution in [3.05, 3.63) is 46.4 Å². The van der Waals surface area contributed by atoms with Crippen LogP contribution in [0, 0.1) is 5.82 Å². The van der Waals surface area contributed by atoms with Crippen LogP contribution in [0.25, 0.3) is 0 Å². The fourth-order valence-corrected chi connectivity index (χ4v) is 2.72. The van der Waals surface area contributed by atoms with Crippen molar-refractivity contribution >= 4 is 39.5 Å². The van der Waals surface area contributed by atoms with Crippen LogP contribution in [0.3, 0.4) is 0 Å². The molecule has 5 nitrogen and oxygen atoms in total. The summed E-state index contributed by atoms with van der Waals surface area (Å²) in [6.45, 7) is 0.473. The molecule has 0 bridgehead atoms. The molecule has 2 rings (SSSR count). The molecule has 1 aromatic carbocycles. The first-order chi connectivity index (χ1) is 10.6. The minimum atomic E-state index is -0.319. The molecule has 0 aliphatic heterocycles. The van der Waals surface area contributed by atoms with E-state index >= 15 is 0 Å². The van der Waals surface area contributed by atoms with E-state index in [2.05, 4.69) is 36.0 Å². The Labute approximate surface area is 139 Å². The zero-order valence-electron chi connectivity index (χ0n) is 11.7. The molecule has 0 spiro atoms. The molecule has 0 fully saturated rings. The number of anilines is 1. The monoisotopic (exact) mass is 385 g/mol. The number of rotatable bonds is 6. The van der Waals surface area contributed by atoms with Crippen molar-refractivity contribution < 1.29 is 13.9 Å². The smallest absolute Gasteiger partial charge is 0.316 e. The van der Waals surface area contributed by atoms with Crippen LogP contribution < -0.4 is 5.32 Å². The number of halogens is 2. The minimum Gasteiger partial charge on any atom is -0.468 e. The van der Waals surface area contributed by atoms with Crippen molar-refractivity contribution in [1.29, 1.82) is 0 Å². The van der Waals surface area contributed by atoms with Crippen LogP contribution in [0.4, 0.5) is 10.2 Å². The Hall–Kier alpha value is -1.67. The van der Waals surface area contributed by atoms with Gasteiger partial charge in [-0.3, -0.25) is 9.78 Å². The van der Waals surface area contributed by atoms with Gasteiger partial charge in [-0.05, 0) is 17.7 Å². The first-order valence-corrected chi connectivity index (χ1v) is 8.06. The summed E-state index contributed by atoms with van der Waals surface area (Å²) in [6, 6.07) is 4.50. The van der Waals surface area contributed by atoms with E-state index in [-0.39, 0.29) is 17.5 Å². The zero-order chi connectivity index (χ0) is 15.9. The summed E-state index contributed by atoms with van der Waals surface area (Å²) in [5.41, 5.74) is 0.899. The molecule has 0 saturated carbocycles. The zero-order valence-corrected chi connectivity index (χ0v) is 14.1. The molecule has 1 aromatic heterocycles. The molecule has 0 unspecified atom stereocenters. The molecule has 0 atom stereocenters. The molecule has 22 heavy (non-hydrogen) atoms. The lowest BCUT2D eigenvalue weighted by molar-refractivity contribution is -0.137. The van der Waals surface area contributed by atoms with Gasteiger partial charge in [-0.15, -0.1) is 0 Å². The predicted octanol–water partition coefficient (Wildman–Crippen LogP) is 3.26. The summed E-state index contributed by atoms with van der Waals surface area (Å²) in [6.07, 6.45) is 3.16. The molecule has 8 heteroatoms. The Morgan fingerprint density at radius 3 is 3.00 bits per heavy atom. The number of nitrogens with one attached hydrogen (secondary N) is 1. The number of aromatic nitrogens is 2. The van der Waals surface area contributed by atoms with E-state index < -0.39 is 0 Å². The molecule has 0 aliphatic carbocycles. The highest BCUT2D eigenvalue weighted by Crippen LogP contribution is 2.20. The molecule has 1 N–H and O–H groups in total. The molecular formula is C14H13BrFN3O2S. The van der Waals surface area contributed by atoms with Gasteiger partial charge >= 0.3 is 5.97 Å². The van der Waals surface area contributed by atoms with Crippen molar-refractivity contribution in [2.24, 2.45) is 0 Å². The summed E-state index contributed by atoms with van der Waals surface area (Å²) >= 11 is 4.56. The normalized spacial score (nSPS) is 10.3. The third-order valence-electron chi connectivity index (χ3n) is 2.65. The molecule has 0 amide bonds. The first-order valence-electron chi connectivity index (χ1n) is 6.28. The fraction of sp³-hybridized carbons (Fsp3) is 0.214. The maximum Gasteiger partial charge on any atom is 0.316 e. The summed E-state index contributed by atoms with van der Waals surface area (Å²) in [5, 5.41) is 3.73. The number of hydrogen-bond donors (Lipinski definition) is 1. The Morgan fingerprint density at radius 1 is 1.45 bits per heavy atom. The van der Waals surface area contributed by atoms with E-state index in [0.29, 0.717) is 21.9 Å². The molecule has 0 aliphatic rings. The number of hydrogen-bond acceptors (Lipinski definition) is 6. The SMILES string of the molecule is COC(=O)CSc1cncc(NCc2ccc(F)cc2Br)n1. The van der Waals surface area contributed by atoms with Crippen LogP contribution in [0.2, 0.25) is 0 Å². The van der Waals surface area contributed by atoms with Crippen molar-refractivity contribution in [3.63, 3.8) is 0 Å². The van der Waals surface area contributed by atoms with E-state index in [1.807, 2.05) is 0 Å². The number of nitrogens with zero attached hydrogens (tertiary/aromatic N) is 2. The highest BCUT2D eigenvalue weighted by Gasteiger charge is 2.06. The van der Waals surface area contributed by atoms with Gasteiger partial charge in [0.05, 0.1) is 25.3 Å². The van der Waals surface area contributed by atoms with Crippen LogP contribution >= 0.6 is 27.7 Å². The summed E-state index contributed by atoms with van der Waals surface area (Å²) in [4.78, 5) is 19.5. The van der Waals surface area contributed by atoms with Crippen LogP contribution in [-0.2, 0) is 16.1 Å². The van der Waals surface area contributed by atoms with E-state index in [1.165, 1.54) is 31.0 Å². The molecule has 0 radical (unpaired) electrons. The average Bonchev–Trinajstić information content (AvgIpc) is 2.52. The summed E-state index contributed by atoms with van der Waals surface area (Å²) in [5.74, 6) is 0.140. The maximum atomic E-state index is 13.0. The number of ether oxygens (including phenoxy) is 1. The Balaban J connectivity index is 1.96. The number of benzene rings is 1.